The molecule has 0 spiro atoms. The second kappa shape index (κ2) is 8.01. The zero-order valence-corrected chi connectivity index (χ0v) is 8.71. The van der Waals surface area contributed by atoms with Gasteiger partial charge in [-0.1, -0.05) is 6.92 Å². The SMILES string of the molecule is CCCOCCN(C)CC(=O)OC. The van der Waals surface area contributed by atoms with Crippen molar-refractivity contribution in [3.63, 3.8) is 0 Å². The summed E-state index contributed by atoms with van der Waals surface area (Å²) in [4.78, 5) is 12.7. The van der Waals surface area contributed by atoms with Crippen molar-refractivity contribution >= 4 is 5.97 Å². The summed E-state index contributed by atoms with van der Waals surface area (Å²) in [6, 6.07) is 0. The minimum Gasteiger partial charge on any atom is -0.468 e. The highest BCUT2D eigenvalue weighted by Crippen LogP contribution is 1.86. The summed E-state index contributed by atoms with van der Waals surface area (Å²) in [7, 11) is 3.26. The Morgan fingerprint density at radius 3 is 2.62 bits per heavy atom. The normalized spacial score (nSPS) is 10.5. The first-order valence-corrected chi connectivity index (χ1v) is 4.53. The van der Waals surface area contributed by atoms with Crippen LogP contribution in [0, 0.1) is 0 Å². The largest absolute Gasteiger partial charge is 0.468 e. The maximum absolute atomic E-state index is 10.8. The van der Waals surface area contributed by atoms with Gasteiger partial charge in [-0.2, -0.15) is 0 Å². The third-order valence-corrected chi connectivity index (χ3v) is 1.59. The smallest absolute Gasteiger partial charge is 0.319 e. The Kier molecular flexibility index (Phi) is 7.63. The molecule has 0 aliphatic carbocycles. The number of hydrogen-bond acceptors (Lipinski definition) is 4. The molecule has 13 heavy (non-hydrogen) atoms. The molecule has 0 aliphatic rings. The van der Waals surface area contributed by atoms with Crippen molar-refractivity contribution in [1.82, 2.24) is 4.90 Å². The van der Waals surface area contributed by atoms with E-state index >= 15 is 0 Å². The summed E-state index contributed by atoms with van der Waals surface area (Å²) in [6.45, 7) is 4.60. The van der Waals surface area contributed by atoms with E-state index in [2.05, 4.69) is 11.7 Å². The molecule has 0 saturated carbocycles. The number of likely N-dealkylation sites (N-methyl/N-ethyl adjacent to an activating group) is 1. The van der Waals surface area contributed by atoms with Crippen molar-refractivity contribution in [2.75, 3.05) is 40.5 Å². The Balaban J connectivity index is 3.29. The van der Waals surface area contributed by atoms with Crippen molar-refractivity contribution in [1.29, 1.82) is 0 Å². The number of ether oxygens (including phenoxy) is 2. The minimum absolute atomic E-state index is 0.210. The monoisotopic (exact) mass is 189 g/mol. The van der Waals surface area contributed by atoms with Crippen LogP contribution >= 0.6 is 0 Å². The molecule has 0 bridgehead atoms. The Morgan fingerprint density at radius 2 is 2.08 bits per heavy atom. The fourth-order valence-corrected chi connectivity index (χ4v) is 0.831. The van der Waals surface area contributed by atoms with E-state index in [0.29, 0.717) is 13.2 Å². The molecule has 0 heterocycles. The molecule has 4 heteroatoms. The van der Waals surface area contributed by atoms with Crippen molar-refractivity contribution in [3.05, 3.63) is 0 Å². The summed E-state index contributed by atoms with van der Waals surface area (Å²) < 4.78 is 9.80. The van der Waals surface area contributed by atoms with Crippen LogP contribution in [0.4, 0.5) is 0 Å². The number of nitrogens with zero attached hydrogens (tertiary/aromatic N) is 1. The second-order valence-electron chi connectivity index (χ2n) is 2.93. The molecule has 78 valence electrons. The first-order valence-electron chi connectivity index (χ1n) is 4.53. The van der Waals surface area contributed by atoms with Crippen LogP contribution in [0.2, 0.25) is 0 Å². The molecular weight excluding hydrogens is 170 g/mol. The number of rotatable bonds is 7. The van der Waals surface area contributed by atoms with E-state index < -0.39 is 0 Å². The average Bonchev–Trinajstić information content (AvgIpc) is 2.12. The molecule has 0 atom stereocenters. The van der Waals surface area contributed by atoms with Gasteiger partial charge in [-0.25, -0.2) is 0 Å². The topological polar surface area (TPSA) is 38.8 Å². The molecule has 0 aromatic heterocycles. The highest BCUT2D eigenvalue weighted by atomic mass is 16.5. The Labute approximate surface area is 79.8 Å². The molecule has 0 aliphatic heterocycles. The van der Waals surface area contributed by atoms with E-state index in [4.69, 9.17) is 4.74 Å². The predicted molar refractivity (Wildman–Crippen MR) is 50.6 cm³/mol. The lowest BCUT2D eigenvalue weighted by molar-refractivity contribution is -0.141. The van der Waals surface area contributed by atoms with Gasteiger partial charge >= 0.3 is 5.97 Å². The molecule has 0 saturated heterocycles. The zero-order valence-electron chi connectivity index (χ0n) is 8.71. The van der Waals surface area contributed by atoms with Gasteiger partial charge in [0.05, 0.1) is 20.3 Å². The highest BCUT2D eigenvalue weighted by Gasteiger charge is 2.04. The molecule has 0 aromatic rings. The van der Waals surface area contributed by atoms with Gasteiger partial charge in [-0.15, -0.1) is 0 Å². The fourth-order valence-electron chi connectivity index (χ4n) is 0.831. The highest BCUT2D eigenvalue weighted by molar-refractivity contribution is 5.71. The molecule has 0 fully saturated rings. The summed E-state index contributed by atoms with van der Waals surface area (Å²) >= 11 is 0. The van der Waals surface area contributed by atoms with E-state index in [0.717, 1.165) is 19.6 Å². The molecule has 0 aromatic carbocycles. The van der Waals surface area contributed by atoms with Crippen molar-refractivity contribution < 1.29 is 14.3 Å². The van der Waals surface area contributed by atoms with Crippen molar-refractivity contribution in [2.24, 2.45) is 0 Å². The van der Waals surface area contributed by atoms with E-state index in [9.17, 15) is 4.79 Å². The molecule has 0 N–H and O–H groups in total. The van der Waals surface area contributed by atoms with Crippen LogP contribution in [-0.2, 0) is 14.3 Å². The van der Waals surface area contributed by atoms with Crippen LogP contribution in [-0.4, -0.2) is 51.3 Å². The standard InChI is InChI=1S/C9H19NO3/c1-4-6-13-7-5-10(2)8-9(11)12-3/h4-8H2,1-3H3. The summed E-state index contributed by atoms with van der Waals surface area (Å²) in [5.74, 6) is -0.210. The number of hydrogen-bond donors (Lipinski definition) is 0. The van der Waals surface area contributed by atoms with Gasteiger partial charge in [-0.05, 0) is 13.5 Å². The van der Waals surface area contributed by atoms with Crippen LogP contribution in [0.25, 0.3) is 0 Å². The van der Waals surface area contributed by atoms with E-state index in [1.807, 2.05) is 11.9 Å². The molecule has 0 rings (SSSR count). The quantitative estimate of drug-likeness (QED) is 0.432. The summed E-state index contributed by atoms with van der Waals surface area (Å²) in [5.41, 5.74) is 0. The molecule has 4 nitrogen and oxygen atoms in total. The van der Waals surface area contributed by atoms with Crippen LogP contribution in [0.5, 0.6) is 0 Å². The van der Waals surface area contributed by atoms with Gasteiger partial charge in [0.1, 0.15) is 0 Å². The molecule has 0 amide bonds. The van der Waals surface area contributed by atoms with Crippen LogP contribution < -0.4 is 0 Å². The van der Waals surface area contributed by atoms with Crippen molar-refractivity contribution in [3.8, 4) is 0 Å². The Hall–Kier alpha value is -0.610. The first kappa shape index (κ1) is 12.4. The minimum atomic E-state index is -0.210. The number of carbonyl (C=O) groups is 1. The zero-order chi connectivity index (χ0) is 10.1. The molecule has 0 radical (unpaired) electrons. The molecular formula is C9H19NO3. The van der Waals surface area contributed by atoms with Crippen molar-refractivity contribution in [2.45, 2.75) is 13.3 Å². The van der Waals surface area contributed by atoms with Gasteiger partial charge in [0.25, 0.3) is 0 Å². The number of methoxy groups -OCH3 is 1. The predicted octanol–water partition coefficient (Wildman–Crippen LogP) is 0.518. The van der Waals surface area contributed by atoms with E-state index in [-0.39, 0.29) is 5.97 Å². The van der Waals surface area contributed by atoms with Gasteiger partial charge < -0.3 is 9.47 Å². The average molecular weight is 189 g/mol. The maximum atomic E-state index is 10.8. The van der Waals surface area contributed by atoms with Gasteiger partial charge in [0, 0.05) is 13.2 Å². The first-order chi connectivity index (χ1) is 6.20. The lowest BCUT2D eigenvalue weighted by Gasteiger charge is -2.14. The second-order valence-corrected chi connectivity index (χ2v) is 2.93. The third-order valence-electron chi connectivity index (χ3n) is 1.59. The number of carbonyl (C=O) groups excluding carboxylic acids is 1. The number of esters is 1. The Bertz CT molecular complexity index is 139. The lowest BCUT2D eigenvalue weighted by Crippen LogP contribution is -2.29. The van der Waals surface area contributed by atoms with E-state index in [1.165, 1.54) is 7.11 Å². The van der Waals surface area contributed by atoms with Gasteiger partial charge in [0.15, 0.2) is 0 Å². The summed E-state index contributed by atoms with van der Waals surface area (Å²) in [5, 5.41) is 0. The lowest BCUT2D eigenvalue weighted by atomic mass is 10.5. The van der Waals surface area contributed by atoms with Gasteiger partial charge in [0.2, 0.25) is 0 Å². The summed E-state index contributed by atoms with van der Waals surface area (Å²) in [6.07, 6.45) is 1.03. The van der Waals surface area contributed by atoms with Crippen LogP contribution in [0.15, 0.2) is 0 Å². The Morgan fingerprint density at radius 1 is 1.38 bits per heavy atom. The third kappa shape index (κ3) is 7.74. The van der Waals surface area contributed by atoms with Crippen LogP contribution in [0.3, 0.4) is 0 Å². The van der Waals surface area contributed by atoms with E-state index in [1.54, 1.807) is 0 Å². The fraction of sp³-hybridized carbons (Fsp3) is 0.889. The maximum Gasteiger partial charge on any atom is 0.319 e. The van der Waals surface area contributed by atoms with Gasteiger partial charge in [-0.3, -0.25) is 9.69 Å². The molecule has 0 unspecified atom stereocenters. The van der Waals surface area contributed by atoms with Crippen LogP contribution in [0.1, 0.15) is 13.3 Å².